The highest BCUT2D eigenvalue weighted by atomic mass is 16.5. The zero-order valence-corrected chi connectivity index (χ0v) is 12.4. The van der Waals surface area contributed by atoms with E-state index >= 15 is 0 Å². The van der Waals surface area contributed by atoms with Gasteiger partial charge in [0, 0.05) is 11.9 Å². The van der Waals surface area contributed by atoms with Crippen molar-refractivity contribution in [3.8, 4) is 6.01 Å². The molecule has 0 saturated carbocycles. The third kappa shape index (κ3) is 4.45. The molecule has 1 aromatic heterocycles. The van der Waals surface area contributed by atoms with Gasteiger partial charge in [0.1, 0.15) is 0 Å². The largest absolute Gasteiger partial charge is 0.467 e. The van der Waals surface area contributed by atoms with Gasteiger partial charge in [-0.2, -0.15) is 4.98 Å². The summed E-state index contributed by atoms with van der Waals surface area (Å²) >= 11 is 0. The maximum atomic E-state index is 5.89. The molecule has 0 aliphatic rings. The van der Waals surface area contributed by atoms with E-state index in [9.17, 15) is 0 Å². The Morgan fingerprint density at radius 2 is 2.00 bits per heavy atom. The Labute approximate surface area is 124 Å². The standard InChI is InChI=1S/C15H19N5O/c1-10-6-11(2)8-13(7-10)19-14(16)18-9-12-4-5-17-15(20-12)21-3/h4-8H,9H2,1-3H3,(H3,16,18,19). The number of nitrogens with one attached hydrogen (secondary N) is 1. The number of methoxy groups -OCH3 is 1. The lowest BCUT2D eigenvalue weighted by Gasteiger charge is -2.08. The summed E-state index contributed by atoms with van der Waals surface area (Å²) in [6.45, 7) is 4.44. The van der Waals surface area contributed by atoms with Gasteiger partial charge < -0.3 is 15.8 Å². The van der Waals surface area contributed by atoms with Crippen molar-refractivity contribution in [3.05, 3.63) is 47.3 Å². The third-order valence-electron chi connectivity index (χ3n) is 2.78. The van der Waals surface area contributed by atoms with Gasteiger partial charge in [0.05, 0.1) is 19.3 Å². The number of guanidine groups is 1. The normalized spacial score (nSPS) is 11.3. The van der Waals surface area contributed by atoms with Crippen LogP contribution < -0.4 is 15.8 Å². The minimum atomic E-state index is 0.323. The average molecular weight is 285 g/mol. The predicted molar refractivity (Wildman–Crippen MR) is 83.4 cm³/mol. The molecule has 0 unspecified atom stereocenters. The van der Waals surface area contributed by atoms with Crippen molar-refractivity contribution in [1.82, 2.24) is 9.97 Å². The van der Waals surface area contributed by atoms with Gasteiger partial charge in [-0.25, -0.2) is 9.98 Å². The molecule has 0 fully saturated rings. The highest BCUT2D eigenvalue weighted by Crippen LogP contribution is 2.13. The molecule has 0 aliphatic carbocycles. The maximum absolute atomic E-state index is 5.89. The first-order chi connectivity index (χ1) is 10.1. The Balaban J connectivity index is 2.03. The number of nitrogens with two attached hydrogens (primary N) is 1. The fourth-order valence-corrected chi connectivity index (χ4v) is 1.96. The van der Waals surface area contributed by atoms with Gasteiger partial charge in [0.2, 0.25) is 0 Å². The maximum Gasteiger partial charge on any atom is 0.316 e. The number of aliphatic imine (C=N–C) groups is 1. The van der Waals surface area contributed by atoms with Crippen LogP contribution in [-0.2, 0) is 6.54 Å². The van der Waals surface area contributed by atoms with Crippen LogP contribution in [-0.4, -0.2) is 23.0 Å². The summed E-state index contributed by atoms with van der Waals surface area (Å²) < 4.78 is 4.97. The molecule has 1 heterocycles. The van der Waals surface area contributed by atoms with Gasteiger partial charge in [-0.15, -0.1) is 0 Å². The van der Waals surface area contributed by atoms with E-state index in [0.717, 1.165) is 11.4 Å². The number of hydrogen-bond acceptors (Lipinski definition) is 4. The molecule has 21 heavy (non-hydrogen) atoms. The van der Waals surface area contributed by atoms with Gasteiger partial charge in [-0.1, -0.05) is 6.07 Å². The first kappa shape index (κ1) is 14.8. The van der Waals surface area contributed by atoms with Crippen LogP contribution in [0.15, 0.2) is 35.5 Å². The summed E-state index contributed by atoms with van der Waals surface area (Å²) in [7, 11) is 1.53. The highest BCUT2D eigenvalue weighted by Gasteiger charge is 2.00. The van der Waals surface area contributed by atoms with Gasteiger partial charge in [-0.05, 0) is 43.2 Å². The fourth-order valence-electron chi connectivity index (χ4n) is 1.96. The Hall–Kier alpha value is -2.63. The van der Waals surface area contributed by atoms with Crippen LogP contribution >= 0.6 is 0 Å². The van der Waals surface area contributed by atoms with Crippen LogP contribution in [0.4, 0.5) is 5.69 Å². The molecule has 0 amide bonds. The fraction of sp³-hybridized carbons (Fsp3) is 0.267. The second kappa shape index (κ2) is 6.69. The Bertz CT molecular complexity index is 634. The molecular formula is C15H19N5O. The number of aryl methyl sites for hydroxylation is 2. The van der Waals surface area contributed by atoms with Crippen molar-refractivity contribution >= 4 is 11.6 Å². The molecule has 0 aliphatic heterocycles. The highest BCUT2D eigenvalue weighted by molar-refractivity contribution is 5.92. The smallest absolute Gasteiger partial charge is 0.316 e. The number of ether oxygens (including phenoxy) is 1. The predicted octanol–water partition coefficient (Wildman–Crippen LogP) is 2.03. The number of aromatic nitrogens is 2. The molecule has 2 aromatic rings. The number of hydrogen-bond donors (Lipinski definition) is 2. The molecular weight excluding hydrogens is 266 g/mol. The van der Waals surface area contributed by atoms with Crippen LogP contribution in [0.5, 0.6) is 6.01 Å². The van der Waals surface area contributed by atoms with Crippen LogP contribution in [0.25, 0.3) is 0 Å². The summed E-state index contributed by atoms with van der Waals surface area (Å²) in [5.74, 6) is 0.345. The van der Waals surface area contributed by atoms with E-state index in [1.807, 2.05) is 26.0 Å². The van der Waals surface area contributed by atoms with E-state index in [4.69, 9.17) is 10.5 Å². The SMILES string of the molecule is COc1nccc(CN=C(N)Nc2cc(C)cc(C)c2)n1. The number of benzene rings is 1. The van der Waals surface area contributed by atoms with Crippen molar-refractivity contribution < 1.29 is 4.74 Å². The molecule has 0 atom stereocenters. The average Bonchev–Trinajstić information content (AvgIpc) is 2.44. The molecule has 0 saturated heterocycles. The summed E-state index contributed by atoms with van der Waals surface area (Å²) in [6.07, 6.45) is 1.63. The Kier molecular flexibility index (Phi) is 4.71. The van der Waals surface area contributed by atoms with E-state index in [1.54, 1.807) is 12.3 Å². The lowest BCUT2D eigenvalue weighted by Crippen LogP contribution is -2.22. The van der Waals surface area contributed by atoms with Crippen LogP contribution in [0.3, 0.4) is 0 Å². The summed E-state index contributed by atoms with van der Waals surface area (Å²) in [6, 6.07) is 8.23. The van der Waals surface area contributed by atoms with Crippen molar-refractivity contribution in [2.45, 2.75) is 20.4 Å². The van der Waals surface area contributed by atoms with Gasteiger partial charge in [-0.3, -0.25) is 0 Å². The van der Waals surface area contributed by atoms with Crippen LogP contribution in [0.1, 0.15) is 16.8 Å². The molecule has 110 valence electrons. The molecule has 0 spiro atoms. The topological polar surface area (TPSA) is 85.4 Å². The number of anilines is 1. The minimum absolute atomic E-state index is 0.323. The molecule has 1 aromatic carbocycles. The molecule has 6 nitrogen and oxygen atoms in total. The van der Waals surface area contributed by atoms with Gasteiger partial charge in [0.15, 0.2) is 5.96 Å². The molecule has 2 rings (SSSR count). The van der Waals surface area contributed by atoms with Crippen molar-refractivity contribution in [3.63, 3.8) is 0 Å². The summed E-state index contributed by atoms with van der Waals surface area (Å²) in [5, 5.41) is 3.08. The molecule has 6 heteroatoms. The van der Waals surface area contributed by atoms with Gasteiger partial charge in [0.25, 0.3) is 0 Å². The zero-order valence-electron chi connectivity index (χ0n) is 12.4. The van der Waals surface area contributed by atoms with Crippen molar-refractivity contribution in [1.29, 1.82) is 0 Å². The lowest BCUT2D eigenvalue weighted by atomic mass is 10.1. The Morgan fingerprint density at radius 3 is 2.67 bits per heavy atom. The van der Waals surface area contributed by atoms with E-state index in [1.165, 1.54) is 18.2 Å². The third-order valence-corrected chi connectivity index (χ3v) is 2.78. The number of rotatable bonds is 4. The van der Waals surface area contributed by atoms with Crippen LogP contribution in [0.2, 0.25) is 0 Å². The van der Waals surface area contributed by atoms with Gasteiger partial charge >= 0.3 is 6.01 Å². The van der Waals surface area contributed by atoms with Crippen molar-refractivity contribution in [2.24, 2.45) is 10.7 Å². The monoisotopic (exact) mass is 285 g/mol. The van der Waals surface area contributed by atoms with E-state index in [-0.39, 0.29) is 0 Å². The second-order valence-electron chi connectivity index (χ2n) is 4.74. The van der Waals surface area contributed by atoms with Crippen LogP contribution in [0, 0.1) is 13.8 Å². The Morgan fingerprint density at radius 1 is 1.29 bits per heavy atom. The minimum Gasteiger partial charge on any atom is -0.467 e. The van der Waals surface area contributed by atoms with E-state index in [0.29, 0.717) is 18.5 Å². The van der Waals surface area contributed by atoms with E-state index in [2.05, 4.69) is 26.3 Å². The first-order valence-electron chi connectivity index (χ1n) is 6.58. The second-order valence-corrected chi connectivity index (χ2v) is 4.74. The molecule has 3 N–H and O–H groups in total. The summed E-state index contributed by atoms with van der Waals surface area (Å²) in [4.78, 5) is 12.4. The molecule has 0 radical (unpaired) electrons. The quantitative estimate of drug-likeness (QED) is 0.663. The number of nitrogens with zero attached hydrogens (tertiary/aromatic N) is 3. The zero-order chi connectivity index (χ0) is 15.2. The van der Waals surface area contributed by atoms with E-state index < -0.39 is 0 Å². The molecule has 0 bridgehead atoms. The lowest BCUT2D eigenvalue weighted by molar-refractivity contribution is 0.378. The first-order valence-corrected chi connectivity index (χ1v) is 6.58. The summed E-state index contributed by atoms with van der Waals surface area (Å²) in [5.41, 5.74) is 9.90. The van der Waals surface area contributed by atoms with Crippen molar-refractivity contribution in [2.75, 3.05) is 12.4 Å².